The Labute approximate surface area is 223 Å². The molecule has 4 rings (SSSR count). The Morgan fingerprint density at radius 2 is 1.68 bits per heavy atom. The minimum Gasteiger partial charge on any atom is -0.365 e. The van der Waals surface area contributed by atoms with Gasteiger partial charge in [0.25, 0.3) is 5.91 Å². The normalized spacial score (nSPS) is 12.3. The van der Waals surface area contributed by atoms with Crippen LogP contribution in [0.2, 0.25) is 0 Å². The zero-order valence-electron chi connectivity index (χ0n) is 20.3. The number of carbonyl (C=O) groups excluding carboxylic acids is 2. The van der Waals surface area contributed by atoms with Crippen LogP contribution in [0.25, 0.3) is 5.69 Å². The lowest BCUT2D eigenvalue weighted by molar-refractivity contribution is -0.115. The molecule has 0 saturated heterocycles. The highest BCUT2D eigenvalue weighted by Crippen LogP contribution is 2.33. The topological polar surface area (TPSA) is 137 Å². The van der Waals surface area contributed by atoms with Crippen LogP contribution in [0.1, 0.15) is 33.5 Å². The van der Waals surface area contributed by atoms with Crippen LogP contribution >= 0.6 is 23.1 Å². The fourth-order valence-corrected chi connectivity index (χ4v) is 6.84. The van der Waals surface area contributed by atoms with Gasteiger partial charge in [-0.1, -0.05) is 48.2 Å². The lowest BCUT2D eigenvalue weighted by Gasteiger charge is -2.14. The minimum atomic E-state index is -3.68. The van der Waals surface area contributed by atoms with Gasteiger partial charge in [-0.2, -0.15) is 0 Å². The van der Waals surface area contributed by atoms with Crippen molar-refractivity contribution in [3.8, 4) is 5.69 Å². The predicted molar refractivity (Wildman–Crippen MR) is 145 cm³/mol. The van der Waals surface area contributed by atoms with E-state index in [2.05, 4.69) is 15.5 Å². The van der Waals surface area contributed by atoms with Crippen LogP contribution in [0.15, 0.2) is 70.7 Å². The van der Waals surface area contributed by atoms with Crippen molar-refractivity contribution < 1.29 is 18.0 Å². The predicted octanol–water partition coefficient (Wildman–Crippen LogP) is 4.14. The van der Waals surface area contributed by atoms with Crippen molar-refractivity contribution in [2.24, 2.45) is 5.73 Å². The first-order valence-electron chi connectivity index (χ1n) is 11.2. The number of aromatic nitrogens is 3. The number of para-hydroxylation sites is 1. The van der Waals surface area contributed by atoms with Crippen molar-refractivity contribution >= 4 is 49.8 Å². The van der Waals surface area contributed by atoms with Crippen molar-refractivity contribution in [3.05, 3.63) is 82.5 Å². The fraction of sp³-hybridized carbons (Fsp3) is 0.200. The van der Waals surface area contributed by atoms with E-state index in [4.69, 9.17) is 5.73 Å². The first kappa shape index (κ1) is 26.6. The lowest BCUT2D eigenvalue weighted by Crippen LogP contribution is -2.24. The first-order valence-corrected chi connectivity index (χ1v) is 14.6. The molecule has 0 saturated carbocycles. The van der Waals surface area contributed by atoms with E-state index in [9.17, 15) is 18.0 Å². The van der Waals surface area contributed by atoms with E-state index in [1.807, 2.05) is 37.3 Å². The summed E-state index contributed by atoms with van der Waals surface area (Å²) in [7, 11) is -3.68. The van der Waals surface area contributed by atoms with Gasteiger partial charge < -0.3 is 11.1 Å². The highest BCUT2D eigenvalue weighted by Gasteiger charge is 2.26. The van der Waals surface area contributed by atoms with E-state index in [-0.39, 0.29) is 22.4 Å². The van der Waals surface area contributed by atoms with Gasteiger partial charge in [0, 0.05) is 10.6 Å². The molecule has 37 heavy (non-hydrogen) atoms. The largest absolute Gasteiger partial charge is 0.365 e. The van der Waals surface area contributed by atoms with E-state index < -0.39 is 21.0 Å². The third-order valence-corrected chi connectivity index (χ3v) is 9.45. The van der Waals surface area contributed by atoms with Gasteiger partial charge in [0.1, 0.15) is 10.8 Å². The van der Waals surface area contributed by atoms with Crippen molar-refractivity contribution in [2.75, 3.05) is 5.32 Å². The molecule has 9 nitrogen and oxygen atoms in total. The zero-order valence-corrected chi connectivity index (χ0v) is 22.8. The Morgan fingerprint density at radius 1 is 1.05 bits per heavy atom. The minimum absolute atomic E-state index is 0.186. The molecule has 1 unspecified atom stereocenters. The summed E-state index contributed by atoms with van der Waals surface area (Å²) in [6.07, 6.45) is 0. The number of sulfone groups is 1. The number of hydrogen-bond donors (Lipinski definition) is 2. The summed E-state index contributed by atoms with van der Waals surface area (Å²) in [6.45, 7) is 5.34. The Morgan fingerprint density at radius 3 is 2.30 bits per heavy atom. The number of primary amides is 1. The molecule has 1 atom stereocenters. The average molecular weight is 556 g/mol. The second-order valence-corrected chi connectivity index (χ2v) is 12.8. The van der Waals surface area contributed by atoms with Gasteiger partial charge in [0.15, 0.2) is 20.8 Å². The van der Waals surface area contributed by atoms with Gasteiger partial charge in [-0.25, -0.2) is 8.42 Å². The number of nitrogens with zero attached hydrogens (tertiary/aromatic N) is 3. The molecule has 2 amide bonds. The van der Waals surface area contributed by atoms with E-state index >= 15 is 0 Å². The molecule has 2 aromatic heterocycles. The number of anilines is 1. The maximum Gasteiger partial charge on any atom is 0.251 e. The molecule has 192 valence electrons. The number of thiophene rings is 1. The van der Waals surface area contributed by atoms with Crippen LogP contribution in [-0.2, 0) is 20.4 Å². The Bertz CT molecular complexity index is 1550. The van der Waals surface area contributed by atoms with Crippen LogP contribution in [-0.4, -0.2) is 40.2 Å². The number of amides is 2. The third-order valence-electron chi connectivity index (χ3n) is 5.66. The fourth-order valence-electron chi connectivity index (χ4n) is 3.62. The summed E-state index contributed by atoms with van der Waals surface area (Å²) in [5.41, 5.74) is 7.23. The summed E-state index contributed by atoms with van der Waals surface area (Å²) in [5, 5.41) is 11.3. The van der Waals surface area contributed by atoms with Crippen LogP contribution < -0.4 is 11.1 Å². The maximum absolute atomic E-state index is 13.1. The van der Waals surface area contributed by atoms with Crippen molar-refractivity contribution in [1.82, 2.24) is 14.8 Å². The first-order chi connectivity index (χ1) is 17.6. The molecule has 0 spiro atoms. The second kappa shape index (κ2) is 10.9. The van der Waals surface area contributed by atoms with Crippen LogP contribution in [0.5, 0.6) is 0 Å². The van der Waals surface area contributed by atoms with Crippen LogP contribution in [0.3, 0.4) is 0 Å². The molecular formula is C25H25N5O4S3. The summed E-state index contributed by atoms with van der Waals surface area (Å²) < 4.78 is 27.8. The quantitative estimate of drug-likeness (QED) is 0.296. The molecule has 12 heteroatoms. The maximum atomic E-state index is 13.1. The molecule has 0 aliphatic heterocycles. The highest BCUT2D eigenvalue weighted by atomic mass is 32.2. The Kier molecular flexibility index (Phi) is 7.81. The van der Waals surface area contributed by atoms with Gasteiger partial charge in [-0.3, -0.25) is 14.2 Å². The zero-order chi connectivity index (χ0) is 26.7. The molecule has 0 aliphatic carbocycles. The number of nitrogens with two attached hydrogens (primary N) is 1. The van der Waals surface area contributed by atoms with Crippen molar-refractivity contribution in [2.45, 2.75) is 41.8 Å². The number of nitrogens with one attached hydrogen (secondary N) is 1. The summed E-state index contributed by atoms with van der Waals surface area (Å²) in [6, 6.07) is 17.3. The van der Waals surface area contributed by atoms with Crippen molar-refractivity contribution in [3.63, 3.8) is 0 Å². The Hall–Kier alpha value is -3.48. The third kappa shape index (κ3) is 5.76. The second-order valence-electron chi connectivity index (χ2n) is 8.24. The van der Waals surface area contributed by atoms with Crippen LogP contribution in [0, 0.1) is 13.8 Å². The van der Waals surface area contributed by atoms with Gasteiger partial charge in [0.05, 0.1) is 15.7 Å². The highest BCUT2D eigenvalue weighted by molar-refractivity contribution is 8.00. The molecular weight excluding hydrogens is 531 g/mol. The number of thioether (sulfide) groups is 1. The summed E-state index contributed by atoms with van der Waals surface area (Å²) in [4.78, 5) is 26.0. The standard InChI is InChI=1S/C25H25N5O4S3/c1-15-16(2)35-24(21(15)22(26)31)27-23(32)17(3)36-25-29-28-20(30(25)18-10-6-4-7-11-18)14-37(33,34)19-12-8-5-9-13-19/h4-13,17H,14H2,1-3H3,(H2,26,31)(H,27,32). The summed E-state index contributed by atoms with van der Waals surface area (Å²) >= 11 is 2.42. The van der Waals surface area contributed by atoms with E-state index in [0.29, 0.717) is 21.4 Å². The van der Waals surface area contributed by atoms with E-state index in [1.54, 1.807) is 36.6 Å². The summed E-state index contributed by atoms with van der Waals surface area (Å²) in [5.74, 6) is -1.10. The molecule has 0 fully saturated rings. The van der Waals surface area contributed by atoms with Gasteiger partial charge in [-0.15, -0.1) is 21.5 Å². The smallest absolute Gasteiger partial charge is 0.251 e. The lowest BCUT2D eigenvalue weighted by atomic mass is 10.1. The SMILES string of the molecule is Cc1sc(NC(=O)C(C)Sc2nnc(CS(=O)(=O)c3ccccc3)n2-c2ccccc2)c(C(N)=O)c1C. The molecule has 0 radical (unpaired) electrons. The monoisotopic (exact) mass is 555 g/mol. The Balaban J connectivity index is 1.62. The number of aryl methyl sites for hydroxylation is 1. The van der Waals surface area contributed by atoms with E-state index in [1.165, 1.54) is 23.5 Å². The van der Waals surface area contributed by atoms with E-state index in [0.717, 1.165) is 22.2 Å². The molecule has 0 bridgehead atoms. The average Bonchev–Trinajstić information content (AvgIpc) is 3.38. The molecule has 3 N–H and O–H groups in total. The van der Waals surface area contributed by atoms with Gasteiger partial charge in [0.2, 0.25) is 5.91 Å². The number of benzene rings is 2. The van der Waals surface area contributed by atoms with Crippen molar-refractivity contribution in [1.29, 1.82) is 0 Å². The number of carbonyl (C=O) groups is 2. The number of hydrogen-bond acceptors (Lipinski definition) is 8. The molecule has 2 aromatic carbocycles. The van der Waals surface area contributed by atoms with Crippen LogP contribution in [0.4, 0.5) is 5.00 Å². The molecule has 0 aliphatic rings. The van der Waals surface area contributed by atoms with Gasteiger partial charge in [-0.05, 0) is 50.6 Å². The molecule has 2 heterocycles. The number of rotatable bonds is 9. The molecule has 4 aromatic rings. The van der Waals surface area contributed by atoms with Gasteiger partial charge >= 0.3 is 0 Å².